The smallest absolute Gasteiger partial charge is 0.410 e. The van der Waals surface area contributed by atoms with Crippen LogP contribution in [0.5, 0.6) is 5.75 Å². The molecule has 1 aliphatic rings. The minimum absolute atomic E-state index is 0.107. The fourth-order valence-corrected chi connectivity index (χ4v) is 4.60. The van der Waals surface area contributed by atoms with Gasteiger partial charge < -0.3 is 14.4 Å². The first kappa shape index (κ1) is 26.4. The van der Waals surface area contributed by atoms with Gasteiger partial charge in [-0.1, -0.05) is 12.1 Å². The summed E-state index contributed by atoms with van der Waals surface area (Å²) in [4.78, 5) is 35.1. The maximum absolute atomic E-state index is 13.0. The highest BCUT2D eigenvalue weighted by Gasteiger charge is 2.28. The second kappa shape index (κ2) is 10.0. The molecule has 12 heteroatoms. The van der Waals surface area contributed by atoms with Gasteiger partial charge in [0.2, 0.25) is 15.0 Å². The van der Waals surface area contributed by atoms with Gasteiger partial charge in [0.1, 0.15) is 22.8 Å². The Morgan fingerprint density at radius 3 is 2.57 bits per heavy atom. The predicted octanol–water partition coefficient (Wildman–Crippen LogP) is 2.95. The number of benzene rings is 1. The van der Waals surface area contributed by atoms with Crippen LogP contribution in [0.25, 0.3) is 16.7 Å². The molecule has 11 nitrogen and oxygen atoms in total. The Kier molecular flexibility index (Phi) is 7.13. The van der Waals surface area contributed by atoms with Crippen molar-refractivity contribution in [2.24, 2.45) is 0 Å². The second-order valence-electron chi connectivity index (χ2n) is 9.93. The van der Waals surface area contributed by atoms with E-state index >= 15 is 0 Å². The molecule has 3 heterocycles. The van der Waals surface area contributed by atoms with Gasteiger partial charge in [-0.15, -0.1) is 6.58 Å². The number of piperidine rings is 1. The van der Waals surface area contributed by atoms with Crippen LogP contribution in [0, 0.1) is 0 Å². The van der Waals surface area contributed by atoms with Crippen molar-refractivity contribution in [1.82, 2.24) is 24.2 Å². The number of nitrogens with zero attached hydrogens (tertiary/aromatic N) is 5. The molecule has 0 atom stereocenters. The number of carbonyl (C=O) groups is 1. The van der Waals surface area contributed by atoms with Crippen molar-refractivity contribution >= 4 is 27.0 Å². The van der Waals surface area contributed by atoms with Crippen LogP contribution in [0.3, 0.4) is 0 Å². The van der Waals surface area contributed by atoms with Gasteiger partial charge in [0.05, 0.1) is 12.2 Å². The maximum Gasteiger partial charge on any atom is 0.410 e. The average molecular weight is 530 g/mol. The molecule has 0 aliphatic carbocycles. The Hall–Kier alpha value is -3.67. The van der Waals surface area contributed by atoms with E-state index in [0.29, 0.717) is 37.4 Å². The van der Waals surface area contributed by atoms with E-state index in [1.807, 2.05) is 26.8 Å². The number of aromatic nitrogens is 4. The largest absolute Gasteiger partial charge is 0.490 e. The van der Waals surface area contributed by atoms with Crippen LogP contribution in [0.1, 0.15) is 33.6 Å². The van der Waals surface area contributed by atoms with Crippen molar-refractivity contribution in [1.29, 1.82) is 0 Å². The SMILES string of the molecule is C=CCn1c(=O)c2cnc(S(C)(=O)=O)nc2n1-c1cccc(OC2CCN(C(=O)OC(C)(C)C)CC2)c1. The molecule has 2 aromatic heterocycles. The fraction of sp³-hybridized carbons (Fsp3) is 0.440. The summed E-state index contributed by atoms with van der Waals surface area (Å²) < 4.78 is 38.8. The van der Waals surface area contributed by atoms with E-state index < -0.39 is 15.4 Å². The van der Waals surface area contributed by atoms with Crippen molar-refractivity contribution in [2.45, 2.75) is 57.0 Å². The number of hydrogen-bond donors (Lipinski definition) is 0. The van der Waals surface area contributed by atoms with E-state index in [1.165, 1.54) is 10.9 Å². The summed E-state index contributed by atoms with van der Waals surface area (Å²) >= 11 is 0. The summed E-state index contributed by atoms with van der Waals surface area (Å²) in [5, 5.41) is -0.177. The number of sulfone groups is 1. The first-order chi connectivity index (χ1) is 17.4. The van der Waals surface area contributed by atoms with E-state index in [9.17, 15) is 18.0 Å². The monoisotopic (exact) mass is 529 g/mol. The van der Waals surface area contributed by atoms with Gasteiger partial charge in [-0.3, -0.25) is 4.79 Å². The summed E-state index contributed by atoms with van der Waals surface area (Å²) in [6.07, 6.45) is 4.66. The number of ether oxygens (including phenoxy) is 2. The van der Waals surface area contributed by atoms with Gasteiger partial charge in [0.15, 0.2) is 5.65 Å². The lowest BCUT2D eigenvalue weighted by molar-refractivity contribution is 0.0126. The maximum atomic E-state index is 13.0. The predicted molar refractivity (Wildman–Crippen MR) is 138 cm³/mol. The zero-order valence-corrected chi connectivity index (χ0v) is 22.2. The van der Waals surface area contributed by atoms with Gasteiger partial charge in [-0.2, -0.15) is 4.98 Å². The lowest BCUT2D eigenvalue weighted by Crippen LogP contribution is -2.44. The van der Waals surface area contributed by atoms with Crippen LogP contribution in [0.15, 0.2) is 53.1 Å². The van der Waals surface area contributed by atoms with Gasteiger partial charge >= 0.3 is 6.09 Å². The van der Waals surface area contributed by atoms with Crippen molar-refractivity contribution in [3.05, 3.63) is 53.5 Å². The molecular weight excluding hydrogens is 498 g/mol. The Bertz CT molecular complexity index is 1490. The number of amides is 1. The third-order valence-electron chi connectivity index (χ3n) is 5.75. The normalized spacial score (nSPS) is 15.1. The summed E-state index contributed by atoms with van der Waals surface area (Å²) in [5.74, 6) is 0.574. The molecule has 37 heavy (non-hydrogen) atoms. The molecule has 0 bridgehead atoms. The number of hydrogen-bond acceptors (Lipinski definition) is 8. The summed E-state index contributed by atoms with van der Waals surface area (Å²) in [6.45, 7) is 10.5. The third-order valence-corrected chi connectivity index (χ3v) is 6.61. The molecule has 1 fully saturated rings. The van der Waals surface area contributed by atoms with Crippen LogP contribution in [0.4, 0.5) is 4.79 Å². The zero-order chi connectivity index (χ0) is 27.0. The molecule has 1 saturated heterocycles. The second-order valence-corrected chi connectivity index (χ2v) is 11.8. The van der Waals surface area contributed by atoms with E-state index in [1.54, 1.807) is 33.9 Å². The first-order valence-corrected chi connectivity index (χ1v) is 13.8. The lowest BCUT2D eigenvalue weighted by Gasteiger charge is -2.33. The van der Waals surface area contributed by atoms with Gasteiger partial charge in [0.25, 0.3) is 5.56 Å². The molecule has 1 aromatic carbocycles. The average Bonchev–Trinajstić information content (AvgIpc) is 3.09. The van der Waals surface area contributed by atoms with Crippen molar-refractivity contribution in [2.75, 3.05) is 19.3 Å². The standard InChI is InChI=1S/C25H31N5O6S/c1-6-12-29-22(31)20-16-26-23(37(5,33)34)27-21(20)30(29)17-8-7-9-19(15-17)35-18-10-13-28(14-11-18)24(32)36-25(2,3)4/h6-9,15-16,18H,1,10-14H2,2-5H3. The van der Waals surface area contributed by atoms with E-state index in [-0.39, 0.29) is 40.5 Å². The Labute approximate surface area is 215 Å². The quantitative estimate of drug-likeness (QED) is 0.352. The van der Waals surface area contributed by atoms with Crippen LogP contribution < -0.4 is 10.3 Å². The minimum Gasteiger partial charge on any atom is -0.490 e. The fourth-order valence-electron chi connectivity index (χ4n) is 4.10. The number of carbonyl (C=O) groups excluding carboxylic acids is 1. The van der Waals surface area contributed by atoms with Crippen LogP contribution in [-0.2, 0) is 21.1 Å². The van der Waals surface area contributed by atoms with Crippen molar-refractivity contribution in [3.8, 4) is 11.4 Å². The molecule has 0 radical (unpaired) electrons. The van der Waals surface area contributed by atoms with Gasteiger partial charge in [-0.25, -0.2) is 27.6 Å². The zero-order valence-electron chi connectivity index (χ0n) is 21.4. The number of allylic oxidation sites excluding steroid dienone is 1. The Balaban J connectivity index is 1.61. The van der Waals surface area contributed by atoms with Gasteiger partial charge in [-0.05, 0) is 32.9 Å². The highest BCUT2D eigenvalue weighted by molar-refractivity contribution is 7.90. The highest BCUT2D eigenvalue weighted by atomic mass is 32.2. The molecule has 0 unspecified atom stereocenters. The highest BCUT2D eigenvalue weighted by Crippen LogP contribution is 2.24. The van der Waals surface area contributed by atoms with E-state index in [2.05, 4.69) is 16.5 Å². The molecule has 198 valence electrons. The summed E-state index contributed by atoms with van der Waals surface area (Å²) in [5.41, 5.74) is -0.177. The summed E-state index contributed by atoms with van der Waals surface area (Å²) in [6, 6.07) is 7.13. The van der Waals surface area contributed by atoms with Crippen LogP contribution in [0.2, 0.25) is 0 Å². The Morgan fingerprint density at radius 2 is 1.95 bits per heavy atom. The minimum atomic E-state index is -3.69. The third kappa shape index (κ3) is 5.85. The first-order valence-electron chi connectivity index (χ1n) is 11.9. The molecule has 4 rings (SSSR count). The van der Waals surface area contributed by atoms with Crippen LogP contribution in [-0.4, -0.2) is 69.8 Å². The number of likely N-dealkylation sites (tertiary alicyclic amines) is 1. The van der Waals surface area contributed by atoms with Crippen LogP contribution >= 0.6 is 0 Å². The van der Waals surface area contributed by atoms with Gasteiger partial charge in [0, 0.05) is 44.5 Å². The number of rotatable bonds is 6. The topological polar surface area (TPSA) is 126 Å². The lowest BCUT2D eigenvalue weighted by atomic mass is 10.1. The molecule has 1 amide bonds. The molecule has 1 aliphatic heterocycles. The summed E-state index contributed by atoms with van der Waals surface area (Å²) in [7, 11) is -3.69. The van der Waals surface area contributed by atoms with Crippen molar-refractivity contribution in [3.63, 3.8) is 0 Å². The molecule has 0 spiro atoms. The number of fused-ring (bicyclic) bond motifs is 1. The molecule has 0 N–H and O–H groups in total. The molecule has 0 saturated carbocycles. The van der Waals surface area contributed by atoms with E-state index in [4.69, 9.17) is 9.47 Å². The molecule has 3 aromatic rings. The van der Waals surface area contributed by atoms with E-state index in [0.717, 1.165) is 6.26 Å². The van der Waals surface area contributed by atoms with Crippen molar-refractivity contribution < 1.29 is 22.7 Å². The molecular formula is C25H31N5O6S. The Morgan fingerprint density at radius 1 is 1.24 bits per heavy atom.